The monoisotopic (exact) mass is 391 g/mol. The Hall–Kier alpha value is -0.760. The SMILES string of the molecule is Cc1ccc(CC(C)NS(=O)(=O)c2ccc(F)cc2Br)s1. The van der Waals surface area contributed by atoms with E-state index in [0.29, 0.717) is 6.42 Å². The highest BCUT2D eigenvalue weighted by Gasteiger charge is 2.21. The fraction of sp³-hybridized carbons (Fsp3) is 0.286. The molecule has 0 radical (unpaired) electrons. The molecule has 0 aliphatic carbocycles. The van der Waals surface area contributed by atoms with Gasteiger partial charge in [-0.15, -0.1) is 11.3 Å². The van der Waals surface area contributed by atoms with Crippen LogP contribution in [-0.2, 0) is 16.4 Å². The van der Waals surface area contributed by atoms with Crippen LogP contribution in [0.5, 0.6) is 0 Å². The lowest BCUT2D eigenvalue weighted by Crippen LogP contribution is -2.34. The molecule has 0 saturated heterocycles. The average Bonchev–Trinajstić information content (AvgIpc) is 2.72. The molecule has 1 heterocycles. The molecule has 1 unspecified atom stereocenters. The third kappa shape index (κ3) is 4.35. The largest absolute Gasteiger partial charge is 0.241 e. The maximum Gasteiger partial charge on any atom is 0.241 e. The van der Waals surface area contributed by atoms with E-state index in [1.807, 2.05) is 26.0 Å². The number of sulfonamides is 1. The molecule has 1 atom stereocenters. The average molecular weight is 392 g/mol. The van der Waals surface area contributed by atoms with Crippen LogP contribution in [-0.4, -0.2) is 14.5 Å². The van der Waals surface area contributed by atoms with Gasteiger partial charge in [0, 0.05) is 20.3 Å². The van der Waals surface area contributed by atoms with Crippen molar-refractivity contribution >= 4 is 37.3 Å². The standard InChI is InChI=1S/C14H15BrFNO2S2/c1-9(7-12-5-3-10(2)20-12)17-21(18,19)14-6-4-11(16)8-13(14)15/h3-6,8-9,17H,7H2,1-2H3. The van der Waals surface area contributed by atoms with Crippen molar-refractivity contribution in [2.24, 2.45) is 0 Å². The maximum absolute atomic E-state index is 13.0. The lowest BCUT2D eigenvalue weighted by Gasteiger charge is -2.14. The molecule has 1 N–H and O–H groups in total. The molecule has 114 valence electrons. The van der Waals surface area contributed by atoms with Crippen molar-refractivity contribution in [2.75, 3.05) is 0 Å². The predicted octanol–water partition coefficient (Wildman–Crippen LogP) is 3.87. The van der Waals surface area contributed by atoms with E-state index in [2.05, 4.69) is 20.7 Å². The van der Waals surface area contributed by atoms with Crippen LogP contribution in [0.15, 0.2) is 39.7 Å². The molecule has 21 heavy (non-hydrogen) atoms. The van der Waals surface area contributed by atoms with Gasteiger partial charge in [-0.05, 0) is 66.5 Å². The molecule has 0 fully saturated rings. The van der Waals surface area contributed by atoms with Gasteiger partial charge < -0.3 is 0 Å². The van der Waals surface area contributed by atoms with Crippen LogP contribution >= 0.6 is 27.3 Å². The smallest absolute Gasteiger partial charge is 0.208 e. The van der Waals surface area contributed by atoms with E-state index >= 15 is 0 Å². The Kier molecular flexibility index (Phi) is 5.19. The highest BCUT2D eigenvalue weighted by molar-refractivity contribution is 9.10. The van der Waals surface area contributed by atoms with Gasteiger partial charge in [-0.1, -0.05) is 0 Å². The quantitative estimate of drug-likeness (QED) is 0.840. The third-order valence-corrected chi connectivity index (χ3v) is 6.43. The summed E-state index contributed by atoms with van der Waals surface area (Å²) in [7, 11) is -3.68. The molecule has 0 amide bonds. The first-order chi connectivity index (χ1) is 9.78. The fourth-order valence-corrected chi connectivity index (χ4v) is 5.27. The fourth-order valence-electron chi connectivity index (χ4n) is 1.96. The second-order valence-corrected chi connectivity index (χ2v) is 8.72. The van der Waals surface area contributed by atoms with Crippen molar-refractivity contribution in [3.63, 3.8) is 0 Å². The molecule has 1 aromatic heterocycles. The van der Waals surface area contributed by atoms with Crippen LogP contribution < -0.4 is 4.72 Å². The number of thiophene rings is 1. The topological polar surface area (TPSA) is 46.2 Å². The van der Waals surface area contributed by atoms with E-state index in [9.17, 15) is 12.8 Å². The molecule has 0 saturated carbocycles. The van der Waals surface area contributed by atoms with Gasteiger partial charge in [0.25, 0.3) is 0 Å². The number of nitrogens with one attached hydrogen (secondary N) is 1. The summed E-state index contributed by atoms with van der Waals surface area (Å²) in [4.78, 5) is 2.36. The first-order valence-electron chi connectivity index (χ1n) is 6.30. The van der Waals surface area contributed by atoms with Crippen LogP contribution in [0.3, 0.4) is 0 Å². The zero-order chi connectivity index (χ0) is 15.6. The first kappa shape index (κ1) is 16.6. The number of halogens is 2. The third-order valence-electron chi connectivity index (χ3n) is 2.84. The number of benzene rings is 1. The summed E-state index contributed by atoms with van der Waals surface area (Å²) in [5.74, 6) is -0.483. The molecule has 0 spiro atoms. The van der Waals surface area contributed by atoms with E-state index in [-0.39, 0.29) is 15.4 Å². The van der Waals surface area contributed by atoms with Crippen molar-refractivity contribution in [2.45, 2.75) is 31.2 Å². The lowest BCUT2D eigenvalue weighted by molar-refractivity contribution is 0.559. The Balaban J connectivity index is 2.13. The van der Waals surface area contributed by atoms with Crippen LogP contribution in [0.2, 0.25) is 0 Å². The summed E-state index contributed by atoms with van der Waals surface area (Å²) in [6.45, 7) is 3.82. The molecule has 2 rings (SSSR count). The second-order valence-electron chi connectivity index (χ2n) is 4.81. The zero-order valence-corrected chi connectivity index (χ0v) is 14.8. The van der Waals surface area contributed by atoms with Crippen molar-refractivity contribution < 1.29 is 12.8 Å². The summed E-state index contributed by atoms with van der Waals surface area (Å²) < 4.78 is 40.5. The molecule has 2 aromatic rings. The summed E-state index contributed by atoms with van der Waals surface area (Å²) in [6.07, 6.45) is 0.622. The maximum atomic E-state index is 13.0. The van der Waals surface area contributed by atoms with Crippen molar-refractivity contribution in [3.05, 3.63) is 50.4 Å². The van der Waals surface area contributed by atoms with Crippen molar-refractivity contribution in [1.29, 1.82) is 0 Å². The van der Waals surface area contributed by atoms with Gasteiger partial charge in [0.05, 0.1) is 4.90 Å². The van der Waals surface area contributed by atoms with E-state index < -0.39 is 15.8 Å². The summed E-state index contributed by atoms with van der Waals surface area (Å²) >= 11 is 4.74. The van der Waals surface area contributed by atoms with E-state index in [4.69, 9.17) is 0 Å². The van der Waals surface area contributed by atoms with E-state index in [1.165, 1.54) is 10.9 Å². The first-order valence-corrected chi connectivity index (χ1v) is 9.40. The Morgan fingerprint density at radius 3 is 2.62 bits per heavy atom. The molecular formula is C14H15BrFNO2S2. The van der Waals surface area contributed by atoms with Gasteiger partial charge in [0.15, 0.2) is 0 Å². The number of hydrogen-bond donors (Lipinski definition) is 1. The molecule has 7 heteroatoms. The molecular weight excluding hydrogens is 377 g/mol. The van der Waals surface area contributed by atoms with Gasteiger partial charge in [0.1, 0.15) is 5.82 Å². The molecule has 0 aliphatic rings. The van der Waals surface area contributed by atoms with Crippen LogP contribution in [0.1, 0.15) is 16.7 Å². The molecule has 3 nitrogen and oxygen atoms in total. The van der Waals surface area contributed by atoms with Gasteiger partial charge >= 0.3 is 0 Å². The normalized spacial score (nSPS) is 13.3. The predicted molar refractivity (Wildman–Crippen MR) is 86.6 cm³/mol. The van der Waals surface area contributed by atoms with E-state index in [0.717, 1.165) is 17.0 Å². The molecule has 1 aromatic carbocycles. The second kappa shape index (κ2) is 6.56. The molecule has 0 aliphatic heterocycles. The van der Waals surface area contributed by atoms with Gasteiger partial charge in [-0.25, -0.2) is 17.5 Å². The minimum Gasteiger partial charge on any atom is -0.208 e. The Morgan fingerprint density at radius 1 is 1.33 bits per heavy atom. The Labute approximate surface area is 136 Å². The Morgan fingerprint density at radius 2 is 2.05 bits per heavy atom. The minimum atomic E-state index is -3.68. The number of rotatable bonds is 5. The summed E-state index contributed by atoms with van der Waals surface area (Å²) in [5.41, 5.74) is 0. The van der Waals surface area contributed by atoms with Crippen LogP contribution in [0.4, 0.5) is 4.39 Å². The number of hydrogen-bond acceptors (Lipinski definition) is 3. The van der Waals surface area contributed by atoms with Gasteiger partial charge in [0.2, 0.25) is 10.0 Å². The van der Waals surface area contributed by atoms with Crippen molar-refractivity contribution in [1.82, 2.24) is 4.72 Å². The van der Waals surface area contributed by atoms with Gasteiger partial charge in [-0.2, -0.15) is 0 Å². The minimum absolute atomic E-state index is 0.0399. The Bertz CT molecular complexity index is 743. The van der Waals surface area contributed by atoms with Crippen LogP contribution in [0, 0.1) is 12.7 Å². The lowest BCUT2D eigenvalue weighted by atomic mass is 10.2. The zero-order valence-electron chi connectivity index (χ0n) is 11.6. The number of aryl methyl sites for hydroxylation is 1. The van der Waals surface area contributed by atoms with Gasteiger partial charge in [-0.3, -0.25) is 0 Å². The highest BCUT2D eigenvalue weighted by atomic mass is 79.9. The highest BCUT2D eigenvalue weighted by Crippen LogP contribution is 2.23. The molecule has 0 bridgehead atoms. The summed E-state index contributed by atoms with van der Waals surface area (Å²) in [6, 6.07) is 7.29. The summed E-state index contributed by atoms with van der Waals surface area (Å²) in [5, 5.41) is 0. The van der Waals surface area contributed by atoms with Crippen LogP contribution in [0.25, 0.3) is 0 Å². The van der Waals surface area contributed by atoms with Crippen molar-refractivity contribution in [3.8, 4) is 0 Å². The van der Waals surface area contributed by atoms with E-state index in [1.54, 1.807) is 11.3 Å².